The minimum absolute atomic E-state index is 0. The second kappa shape index (κ2) is 13.7. The molecule has 1 aromatic carbocycles. The van der Waals surface area contributed by atoms with Crippen LogP contribution in [0.4, 0.5) is 0 Å². The Labute approximate surface area is 204 Å². The molecule has 1 fully saturated rings. The Hall–Kier alpha value is -1.68. The molecule has 8 heteroatoms. The molecule has 0 spiro atoms. The predicted octanol–water partition coefficient (Wildman–Crippen LogP) is 3.59. The number of likely N-dealkylation sites (tertiary alicyclic amines) is 1. The molecule has 2 heterocycles. The predicted molar refractivity (Wildman–Crippen MR) is 138 cm³/mol. The summed E-state index contributed by atoms with van der Waals surface area (Å²) in [7, 11) is 0. The van der Waals surface area contributed by atoms with Gasteiger partial charge in [-0.3, -0.25) is 4.90 Å². The van der Waals surface area contributed by atoms with E-state index in [0.717, 1.165) is 44.4 Å². The van der Waals surface area contributed by atoms with Gasteiger partial charge in [-0.25, -0.2) is 4.99 Å². The van der Waals surface area contributed by atoms with Crippen molar-refractivity contribution in [1.82, 2.24) is 30.3 Å². The highest BCUT2D eigenvalue weighted by Gasteiger charge is 2.17. The van der Waals surface area contributed by atoms with Crippen molar-refractivity contribution in [3.8, 4) is 0 Å². The SMILES string of the molecule is CCNC(=NCc1ccc(CN2CCCCC2C)cc1)NCCn1cnnc1CC.I. The zero-order chi connectivity index (χ0) is 21.2. The van der Waals surface area contributed by atoms with Crippen LogP contribution < -0.4 is 10.6 Å². The Balaban J connectivity index is 0.00000341. The highest BCUT2D eigenvalue weighted by Crippen LogP contribution is 2.19. The van der Waals surface area contributed by atoms with Gasteiger partial charge in [0, 0.05) is 38.6 Å². The van der Waals surface area contributed by atoms with Gasteiger partial charge in [0.2, 0.25) is 0 Å². The third-order valence-electron chi connectivity index (χ3n) is 5.77. The van der Waals surface area contributed by atoms with Crippen molar-refractivity contribution in [2.75, 3.05) is 19.6 Å². The normalized spacial score (nSPS) is 17.3. The Bertz CT molecular complexity index is 787. The first-order chi connectivity index (χ1) is 14.7. The second-order valence-corrected chi connectivity index (χ2v) is 8.05. The van der Waals surface area contributed by atoms with Gasteiger partial charge in [-0.05, 0) is 44.4 Å². The maximum atomic E-state index is 4.75. The number of halogens is 1. The number of guanidine groups is 1. The molecule has 0 radical (unpaired) electrons. The van der Waals surface area contributed by atoms with Crippen LogP contribution in [-0.4, -0.2) is 51.3 Å². The van der Waals surface area contributed by atoms with E-state index in [1.165, 1.54) is 36.9 Å². The highest BCUT2D eigenvalue weighted by molar-refractivity contribution is 14.0. The van der Waals surface area contributed by atoms with Crippen LogP contribution in [0.1, 0.15) is 57.0 Å². The number of nitrogens with zero attached hydrogens (tertiary/aromatic N) is 5. The van der Waals surface area contributed by atoms with Crippen molar-refractivity contribution in [1.29, 1.82) is 0 Å². The summed E-state index contributed by atoms with van der Waals surface area (Å²) in [4.78, 5) is 7.35. The lowest BCUT2D eigenvalue weighted by Crippen LogP contribution is -2.38. The lowest BCUT2D eigenvalue weighted by atomic mass is 10.0. The van der Waals surface area contributed by atoms with Crippen molar-refractivity contribution in [3.05, 3.63) is 47.5 Å². The van der Waals surface area contributed by atoms with E-state index in [2.05, 4.69) is 75.3 Å². The minimum atomic E-state index is 0. The number of nitrogens with one attached hydrogen (secondary N) is 2. The smallest absolute Gasteiger partial charge is 0.191 e. The number of hydrogen-bond donors (Lipinski definition) is 2. The molecule has 2 aromatic rings. The number of aryl methyl sites for hydroxylation is 1. The molecule has 1 aliphatic rings. The number of benzene rings is 1. The lowest BCUT2D eigenvalue weighted by Gasteiger charge is -2.33. The first kappa shape index (κ1) is 25.6. The van der Waals surface area contributed by atoms with E-state index < -0.39 is 0 Å². The first-order valence-electron chi connectivity index (χ1n) is 11.4. The number of piperidine rings is 1. The van der Waals surface area contributed by atoms with Crippen LogP contribution in [0.3, 0.4) is 0 Å². The van der Waals surface area contributed by atoms with Gasteiger partial charge in [-0.1, -0.05) is 37.6 Å². The van der Waals surface area contributed by atoms with E-state index in [-0.39, 0.29) is 24.0 Å². The minimum Gasteiger partial charge on any atom is -0.357 e. The molecule has 1 atom stereocenters. The third-order valence-corrected chi connectivity index (χ3v) is 5.77. The standard InChI is InChI=1S/C23H37N7.HI/c1-4-22-28-27-18-30(22)15-13-25-23(24-5-2)26-16-20-9-11-21(12-10-20)17-29-14-7-6-8-19(29)3;/h9-12,18-19H,4-8,13-17H2,1-3H3,(H2,24,25,26);1H. The summed E-state index contributed by atoms with van der Waals surface area (Å²) in [5, 5.41) is 14.8. The number of aromatic nitrogens is 3. The Morgan fingerprint density at radius 3 is 2.61 bits per heavy atom. The maximum Gasteiger partial charge on any atom is 0.191 e. The molecule has 1 aliphatic heterocycles. The van der Waals surface area contributed by atoms with E-state index >= 15 is 0 Å². The number of rotatable bonds is 9. The summed E-state index contributed by atoms with van der Waals surface area (Å²) in [6.45, 7) is 11.9. The summed E-state index contributed by atoms with van der Waals surface area (Å²) in [5.41, 5.74) is 2.62. The van der Waals surface area contributed by atoms with Crippen LogP contribution in [0.15, 0.2) is 35.6 Å². The molecule has 1 aromatic heterocycles. The molecule has 0 aliphatic carbocycles. The van der Waals surface area contributed by atoms with Crippen LogP contribution in [0.5, 0.6) is 0 Å². The summed E-state index contributed by atoms with van der Waals surface area (Å²) in [5.74, 6) is 1.85. The molecular weight excluding hydrogens is 501 g/mol. The van der Waals surface area contributed by atoms with Gasteiger partial charge in [0.25, 0.3) is 0 Å². The van der Waals surface area contributed by atoms with Crippen LogP contribution in [0.2, 0.25) is 0 Å². The van der Waals surface area contributed by atoms with Crippen LogP contribution in [0.25, 0.3) is 0 Å². The molecule has 0 bridgehead atoms. The Kier molecular flexibility index (Phi) is 11.3. The summed E-state index contributed by atoms with van der Waals surface area (Å²) in [6.07, 6.45) is 6.70. The van der Waals surface area contributed by atoms with Crippen LogP contribution >= 0.6 is 24.0 Å². The average Bonchev–Trinajstić information content (AvgIpc) is 3.22. The monoisotopic (exact) mass is 539 g/mol. The zero-order valence-corrected chi connectivity index (χ0v) is 21.5. The summed E-state index contributed by atoms with van der Waals surface area (Å²) in [6, 6.07) is 9.63. The van der Waals surface area contributed by atoms with Gasteiger partial charge in [0.15, 0.2) is 5.96 Å². The molecule has 172 valence electrons. The lowest BCUT2D eigenvalue weighted by molar-refractivity contribution is 0.152. The highest BCUT2D eigenvalue weighted by atomic mass is 127. The van der Waals surface area contributed by atoms with Gasteiger partial charge in [0.05, 0.1) is 6.54 Å². The van der Waals surface area contributed by atoms with Gasteiger partial charge >= 0.3 is 0 Å². The molecule has 0 amide bonds. The Morgan fingerprint density at radius 2 is 1.90 bits per heavy atom. The molecule has 3 rings (SSSR count). The molecule has 1 saturated heterocycles. The summed E-state index contributed by atoms with van der Waals surface area (Å²) >= 11 is 0. The quantitative estimate of drug-likeness (QED) is 0.290. The zero-order valence-electron chi connectivity index (χ0n) is 19.2. The van der Waals surface area contributed by atoms with Crippen molar-refractivity contribution in [3.63, 3.8) is 0 Å². The van der Waals surface area contributed by atoms with Crippen LogP contribution in [0, 0.1) is 0 Å². The van der Waals surface area contributed by atoms with Crippen LogP contribution in [-0.2, 0) is 26.1 Å². The van der Waals surface area contributed by atoms with Gasteiger partial charge in [-0.15, -0.1) is 34.2 Å². The fraction of sp³-hybridized carbons (Fsp3) is 0.609. The largest absolute Gasteiger partial charge is 0.357 e. The molecule has 0 saturated carbocycles. The van der Waals surface area contributed by atoms with Crippen molar-refractivity contribution in [2.24, 2.45) is 4.99 Å². The topological polar surface area (TPSA) is 70.4 Å². The molecule has 2 N–H and O–H groups in total. The van der Waals surface area contributed by atoms with E-state index in [1.54, 1.807) is 6.33 Å². The van der Waals surface area contributed by atoms with Gasteiger partial charge in [-0.2, -0.15) is 0 Å². The fourth-order valence-electron chi connectivity index (χ4n) is 3.92. The average molecular weight is 540 g/mol. The molecular formula is C23H38IN7. The van der Waals surface area contributed by atoms with Gasteiger partial charge < -0.3 is 15.2 Å². The fourth-order valence-corrected chi connectivity index (χ4v) is 3.92. The molecule has 1 unspecified atom stereocenters. The van der Waals surface area contributed by atoms with E-state index in [9.17, 15) is 0 Å². The second-order valence-electron chi connectivity index (χ2n) is 8.05. The molecule has 7 nitrogen and oxygen atoms in total. The number of hydrogen-bond acceptors (Lipinski definition) is 4. The first-order valence-corrected chi connectivity index (χ1v) is 11.4. The van der Waals surface area contributed by atoms with E-state index in [4.69, 9.17) is 4.99 Å². The van der Waals surface area contributed by atoms with Crippen molar-refractivity contribution >= 4 is 29.9 Å². The third kappa shape index (κ3) is 8.07. The Morgan fingerprint density at radius 1 is 1.13 bits per heavy atom. The summed E-state index contributed by atoms with van der Waals surface area (Å²) < 4.78 is 2.08. The van der Waals surface area contributed by atoms with E-state index in [0.29, 0.717) is 12.6 Å². The molecule has 31 heavy (non-hydrogen) atoms. The maximum absolute atomic E-state index is 4.75. The van der Waals surface area contributed by atoms with Crippen molar-refractivity contribution < 1.29 is 0 Å². The number of aliphatic imine (C=N–C) groups is 1. The van der Waals surface area contributed by atoms with E-state index in [1.807, 2.05) is 0 Å². The van der Waals surface area contributed by atoms with Gasteiger partial charge in [0.1, 0.15) is 12.2 Å². The van der Waals surface area contributed by atoms with Crippen molar-refractivity contribution in [2.45, 2.75) is 72.1 Å².